The lowest BCUT2D eigenvalue weighted by atomic mass is 10.2. The quantitative estimate of drug-likeness (QED) is 0.570. The van der Waals surface area contributed by atoms with Gasteiger partial charge in [0.2, 0.25) is 5.91 Å². The lowest BCUT2D eigenvalue weighted by molar-refractivity contribution is -0.114. The molecular formula is C16H26N2O5. The Morgan fingerprint density at radius 1 is 1.04 bits per heavy atom. The molecule has 1 aromatic carbocycles. The molecule has 0 radical (unpaired) electrons. The highest BCUT2D eigenvalue weighted by Gasteiger charge is 2.06. The average molecular weight is 326 g/mol. The topological polar surface area (TPSA) is 78.1 Å². The lowest BCUT2D eigenvalue weighted by Crippen LogP contribution is -2.14. The summed E-state index contributed by atoms with van der Waals surface area (Å²) < 4.78 is 21.0. The van der Waals surface area contributed by atoms with Crippen LogP contribution in [-0.2, 0) is 19.0 Å². The van der Waals surface area contributed by atoms with Crippen LogP contribution in [0.25, 0.3) is 0 Å². The first-order valence-corrected chi connectivity index (χ1v) is 7.51. The van der Waals surface area contributed by atoms with Crippen molar-refractivity contribution in [1.29, 1.82) is 0 Å². The van der Waals surface area contributed by atoms with Gasteiger partial charge < -0.3 is 29.6 Å². The van der Waals surface area contributed by atoms with Crippen LogP contribution in [0.2, 0.25) is 0 Å². The summed E-state index contributed by atoms with van der Waals surface area (Å²) in [6.07, 6.45) is 0. The molecule has 1 rings (SSSR count). The summed E-state index contributed by atoms with van der Waals surface area (Å²) in [4.78, 5) is 11.2. The normalized spacial score (nSPS) is 10.4. The number of nitrogens with one attached hydrogen (secondary N) is 2. The highest BCUT2D eigenvalue weighted by molar-refractivity contribution is 5.89. The van der Waals surface area contributed by atoms with Gasteiger partial charge in [0, 0.05) is 33.4 Å². The van der Waals surface area contributed by atoms with E-state index in [-0.39, 0.29) is 5.91 Å². The van der Waals surface area contributed by atoms with E-state index >= 15 is 0 Å². The molecule has 0 aliphatic heterocycles. The third-order valence-corrected chi connectivity index (χ3v) is 2.84. The molecule has 1 aromatic rings. The van der Waals surface area contributed by atoms with E-state index in [9.17, 15) is 4.79 Å². The molecule has 0 aliphatic rings. The van der Waals surface area contributed by atoms with E-state index in [4.69, 9.17) is 18.9 Å². The van der Waals surface area contributed by atoms with Crippen LogP contribution >= 0.6 is 0 Å². The average Bonchev–Trinajstić information content (AvgIpc) is 2.52. The Balaban J connectivity index is 2.59. The van der Waals surface area contributed by atoms with Gasteiger partial charge in [0.05, 0.1) is 32.1 Å². The number of benzene rings is 1. The number of methoxy groups -OCH3 is 2. The Labute approximate surface area is 137 Å². The standard InChI is InChI=1S/C16H26N2O5/c1-13(19)18-14-4-5-16(23-11-9-21-3)15(12-14)17-6-7-22-10-8-20-2/h4-5,12,17H,6-11H2,1-3H3,(H,18,19). The van der Waals surface area contributed by atoms with Gasteiger partial charge in [-0.25, -0.2) is 0 Å². The molecule has 0 saturated carbocycles. The first-order chi connectivity index (χ1) is 11.2. The molecule has 0 fully saturated rings. The van der Waals surface area contributed by atoms with Gasteiger partial charge in [0.1, 0.15) is 12.4 Å². The van der Waals surface area contributed by atoms with Crippen molar-refractivity contribution in [2.24, 2.45) is 0 Å². The van der Waals surface area contributed by atoms with E-state index < -0.39 is 0 Å². The molecule has 7 heteroatoms. The van der Waals surface area contributed by atoms with Crippen LogP contribution in [0.5, 0.6) is 5.75 Å². The summed E-state index contributed by atoms with van der Waals surface area (Å²) in [6.45, 7) is 4.73. The van der Waals surface area contributed by atoms with Gasteiger partial charge in [-0.15, -0.1) is 0 Å². The number of ether oxygens (including phenoxy) is 4. The number of anilines is 2. The second-order valence-corrected chi connectivity index (χ2v) is 4.77. The van der Waals surface area contributed by atoms with E-state index in [1.807, 2.05) is 12.1 Å². The van der Waals surface area contributed by atoms with Crippen LogP contribution in [-0.4, -0.2) is 59.7 Å². The van der Waals surface area contributed by atoms with E-state index in [0.717, 1.165) is 5.69 Å². The summed E-state index contributed by atoms with van der Waals surface area (Å²) >= 11 is 0. The van der Waals surface area contributed by atoms with Crippen LogP contribution < -0.4 is 15.4 Å². The van der Waals surface area contributed by atoms with Crippen LogP contribution in [0, 0.1) is 0 Å². The molecular weight excluding hydrogens is 300 g/mol. The van der Waals surface area contributed by atoms with Crippen molar-refractivity contribution in [1.82, 2.24) is 0 Å². The van der Waals surface area contributed by atoms with E-state index in [1.54, 1.807) is 20.3 Å². The van der Waals surface area contributed by atoms with Crippen LogP contribution in [0.1, 0.15) is 6.92 Å². The molecule has 23 heavy (non-hydrogen) atoms. The fraction of sp³-hybridized carbons (Fsp3) is 0.562. The van der Waals surface area contributed by atoms with Gasteiger partial charge in [0.25, 0.3) is 0 Å². The van der Waals surface area contributed by atoms with Crippen molar-refractivity contribution < 1.29 is 23.7 Å². The minimum Gasteiger partial charge on any atom is -0.489 e. The lowest BCUT2D eigenvalue weighted by Gasteiger charge is -2.15. The van der Waals surface area contributed by atoms with E-state index in [0.29, 0.717) is 51.0 Å². The Kier molecular flexibility index (Phi) is 9.78. The summed E-state index contributed by atoms with van der Waals surface area (Å²) in [6, 6.07) is 5.44. The molecule has 7 nitrogen and oxygen atoms in total. The van der Waals surface area contributed by atoms with Crippen molar-refractivity contribution in [3.63, 3.8) is 0 Å². The Bertz CT molecular complexity index is 468. The fourth-order valence-corrected chi connectivity index (χ4v) is 1.81. The summed E-state index contributed by atoms with van der Waals surface area (Å²) in [7, 11) is 3.26. The number of rotatable bonds is 12. The number of hydrogen-bond acceptors (Lipinski definition) is 6. The van der Waals surface area contributed by atoms with Gasteiger partial charge in [0.15, 0.2) is 0 Å². The van der Waals surface area contributed by atoms with E-state index in [2.05, 4.69) is 10.6 Å². The predicted octanol–water partition coefficient (Wildman–Crippen LogP) is 1.75. The van der Waals surface area contributed by atoms with Gasteiger partial charge in [-0.05, 0) is 18.2 Å². The molecule has 1 amide bonds. The maximum atomic E-state index is 11.2. The van der Waals surface area contributed by atoms with Crippen molar-refractivity contribution in [3.05, 3.63) is 18.2 Å². The van der Waals surface area contributed by atoms with Crippen molar-refractivity contribution >= 4 is 17.3 Å². The molecule has 0 heterocycles. The molecule has 0 unspecified atom stereocenters. The summed E-state index contributed by atoms with van der Waals surface area (Å²) in [5.41, 5.74) is 1.50. The molecule has 0 atom stereocenters. The fourth-order valence-electron chi connectivity index (χ4n) is 1.81. The molecule has 0 aromatic heterocycles. The van der Waals surface area contributed by atoms with Crippen LogP contribution in [0.3, 0.4) is 0 Å². The van der Waals surface area contributed by atoms with Gasteiger partial charge in [-0.1, -0.05) is 0 Å². The second kappa shape index (κ2) is 11.7. The second-order valence-electron chi connectivity index (χ2n) is 4.77. The molecule has 0 bridgehead atoms. The zero-order valence-corrected chi connectivity index (χ0v) is 14.0. The highest BCUT2D eigenvalue weighted by atomic mass is 16.5. The van der Waals surface area contributed by atoms with Gasteiger partial charge in [-0.3, -0.25) is 4.79 Å². The Morgan fingerprint density at radius 3 is 2.48 bits per heavy atom. The molecule has 2 N–H and O–H groups in total. The number of carbonyl (C=O) groups excluding carboxylic acids is 1. The zero-order chi connectivity index (χ0) is 16.9. The number of amides is 1. The predicted molar refractivity (Wildman–Crippen MR) is 89.3 cm³/mol. The molecule has 0 aliphatic carbocycles. The van der Waals surface area contributed by atoms with Gasteiger partial charge in [-0.2, -0.15) is 0 Å². The summed E-state index contributed by atoms with van der Waals surface area (Å²) in [5.74, 6) is 0.583. The number of carbonyl (C=O) groups is 1. The van der Waals surface area contributed by atoms with Crippen molar-refractivity contribution in [2.45, 2.75) is 6.92 Å². The third kappa shape index (κ3) is 8.39. The van der Waals surface area contributed by atoms with E-state index in [1.165, 1.54) is 6.92 Å². The van der Waals surface area contributed by atoms with Crippen molar-refractivity contribution in [2.75, 3.05) is 64.4 Å². The minimum atomic E-state index is -0.119. The number of hydrogen-bond donors (Lipinski definition) is 2. The first-order valence-electron chi connectivity index (χ1n) is 7.51. The zero-order valence-electron chi connectivity index (χ0n) is 14.0. The molecule has 0 spiro atoms. The SMILES string of the molecule is COCCOCCNc1cc(NC(C)=O)ccc1OCCOC. The van der Waals surface area contributed by atoms with Gasteiger partial charge >= 0.3 is 0 Å². The maximum absolute atomic E-state index is 11.2. The third-order valence-electron chi connectivity index (χ3n) is 2.84. The highest BCUT2D eigenvalue weighted by Crippen LogP contribution is 2.28. The Morgan fingerprint density at radius 2 is 1.78 bits per heavy atom. The maximum Gasteiger partial charge on any atom is 0.221 e. The minimum absolute atomic E-state index is 0.119. The van der Waals surface area contributed by atoms with Crippen molar-refractivity contribution in [3.8, 4) is 5.75 Å². The largest absolute Gasteiger partial charge is 0.489 e. The molecule has 130 valence electrons. The van der Waals surface area contributed by atoms with Crippen LogP contribution in [0.15, 0.2) is 18.2 Å². The summed E-state index contributed by atoms with van der Waals surface area (Å²) in [5, 5.41) is 6.00. The monoisotopic (exact) mass is 326 g/mol. The first kappa shape index (κ1) is 19.2. The molecule has 0 saturated heterocycles. The smallest absolute Gasteiger partial charge is 0.221 e. The Hall–Kier alpha value is -1.83. The van der Waals surface area contributed by atoms with Crippen LogP contribution in [0.4, 0.5) is 11.4 Å².